The number of nitro benzene ring substituents is 1. The van der Waals surface area contributed by atoms with Crippen molar-refractivity contribution in [3.05, 3.63) is 69.5 Å². The van der Waals surface area contributed by atoms with Gasteiger partial charge in [0.05, 0.1) is 28.3 Å². The van der Waals surface area contributed by atoms with Gasteiger partial charge < -0.3 is 16.8 Å². The van der Waals surface area contributed by atoms with Crippen LogP contribution < -0.4 is 16.8 Å². The number of benzene rings is 1. The van der Waals surface area contributed by atoms with Crippen molar-refractivity contribution in [1.29, 1.82) is 0 Å². The van der Waals surface area contributed by atoms with Crippen LogP contribution in [0.15, 0.2) is 42.7 Å². The molecule has 0 spiro atoms. The molecule has 11 heteroatoms. The molecule has 0 saturated heterocycles. The molecule has 2 rings (SSSR count). The van der Waals surface area contributed by atoms with Crippen molar-refractivity contribution in [1.82, 2.24) is 10.3 Å². The number of rotatable bonds is 5. The van der Waals surface area contributed by atoms with E-state index in [2.05, 4.69) is 10.3 Å². The average molecular weight is 369 g/mol. The van der Waals surface area contributed by atoms with Crippen molar-refractivity contribution in [2.45, 2.75) is 18.4 Å². The molecule has 1 aromatic carbocycles. The fourth-order valence-electron chi connectivity index (χ4n) is 2.17. The van der Waals surface area contributed by atoms with Crippen LogP contribution in [0.3, 0.4) is 0 Å². The molecule has 0 aliphatic carbocycles. The topological polar surface area (TPSA) is 137 Å². The van der Waals surface area contributed by atoms with Crippen LogP contribution in [0.5, 0.6) is 0 Å². The smallest absolute Gasteiger partial charge is 0.335 e. The second-order valence-corrected chi connectivity index (χ2v) is 5.30. The summed E-state index contributed by atoms with van der Waals surface area (Å²) in [5.41, 5.74) is 9.50. The Balaban J connectivity index is 2.26. The van der Waals surface area contributed by atoms with Crippen LogP contribution in [0.1, 0.15) is 27.5 Å². The van der Waals surface area contributed by atoms with Crippen molar-refractivity contribution < 1.29 is 22.9 Å². The van der Waals surface area contributed by atoms with Crippen LogP contribution in [0.25, 0.3) is 0 Å². The number of alkyl halides is 3. The number of nitrogens with zero attached hydrogens (tertiary/aromatic N) is 2. The lowest BCUT2D eigenvalue weighted by atomic mass is 10.0. The molecule has 8 nitrogen and oxygen atoms in total. The SMILES string of the molecule is NC(NC(=O)c1cccnc1)C(N)c1ccc(C(F)(F)F)cc1[N+](=O)[O-]. The molecule has 0 saturated carbocycles. The predicted octanol–water partition coefficient (Wildman–Crippen LogP) is 1.72. The molecule has 0 fully saturated rings. The number of nitrogens with two attached hydrogens (primary N) is 2. The average Bonchev–Trinajstić information content (AvgIpc) is 2.60. The third-order valence-corrected chi connectivity index (χ3v) is 3.52. The number of carbonyl (C=O) groups is 1. The third kappa shape index (κ3) is 4.32. The van der Waals surface area contributed by atoms with Gasteiger partial charge in [-0.2, -0.15) is 13.2 Å². The first-order chi connectivity index (χ1) is 12.1. The third-order valence-electron chi connectivity index (χ3n) is 3.52. The molecule has 2 aromatic rings. The maximum absolute atomic E-state index is 12.7. The lowest BCUT2D eigenvalue weighted by Gasteiger charge is -2.22. The number of pyridine rings is 1. The number of hydrogen-bond acceptors (Lipinski definition) is 6. The lowest BCUT2D eigenvalue weighted by Crippen LogP contribution is -2.48. The van der Waals surface area contributed by atoms with Gasteiger partial charge in [0.25, 0.3) is 11.6 Å². The van der Waals surface area contributed by atoms with Gasteiger partial charge in [0, 0.05) is 24.0 Å². The lowest BCUT2D eigenvalue weighted by molar-refractivity contribution is -0.386. The summed E-state index contributed by atoms with van der Waals surface area (Å²) < 4.78 is 38.2. The highest BCUT2D eigenvalue weighted by atomic mass is 19.4. The normalized spacial score (nSPS) is 13.7. The van der Waals surface area contributed by atoms with E-state index in [4.69, 9.17) is 11.5 Å². The van der Waals surface area contributed by atoms with Crippen LogP contribution in [-0.4, -0.2) is 22.0 Å². The summed E-state index contributed by atoms with van der Waals surface area (Å²) in [6.07, 6.45) is -3.30. The number of hydrogen-bond donors (Lipinski definition) is 3. The fraction of sp³-hybridized carbons (Fsp3) is 0.200. The minimum Gasteiger partial charge on any atom is -0.335 e. The molecule has 0 radical (unpaired) electrons. The maximum atomic E-state index is 12.7. The monoisotopic (exact) mass is 369 g/mol. The van der Waals surface area contributed by atoms with Crippen molar-refractivity contribution in [3.63, 3.8) is 0 Å². The number of nitro groups is 1. The summed E-state index contributed by atoms with van der Waals surface area (Å²) in [6.45, 7) is 0. The Bertz CT molecular complexity index is 814. The summed E-state index contributed by atoms with van der Waals surface area (Å²) in [5, 5.41) is 13.5. The van der Waals surface area contributed by atoms with Gasteiger partial charge in [-0.15, -0.1) is 0 Å². The quantitative estimate of drug-likeness (QED) is 0.417. The van der Waals surface area contributed by atoms with Crippen LogP contribution in [-0.2, 0) is 6.18 Å². The summed E-state index contributed by atoms with van der Waals surface area (Å²) in [6, 6.07) is 3.59. The first-order valence-electron chi connectivity index (χ1n) is 7.19. The molecule has 26 heavy (non-hydrogen) atoms. The highest BCUT2D eigenvalue weighted by Gasteiger charge is 2.34. The van der Waals surface area contributed by atoms with Gasteiger partial charge in [-0.05, 0) is 24.3 Å². The Kier molecular flexibility index (Phi) is 5.53. The Hall–Kier alpha value is -3.05. The summed E-state index contributed by atoms with van der Waals surface area (Å²) in [4.78, 5) is 25.9. The van der Waals surface area contributed by atoms with E-state index in [1.807, 2.05) is 0 Å². The van der Waals surface area contributed by atoms with Crippen LogP contribution in [0, 0.1) is 10.1 Å². The van der Waals surface area contributed by atoms with Crippen molar-refractivity contribution in [3.8, 4) is 0 Å². The van der Waals surface area contributed by atoms with Crippen molar-refractivity contribution >= 4 is 11.6 Å². The molecule has 1 amide bonds. The Morgan fingerprint density at radius 2 is 1.96 bits per heavy atom. The zero-order valence-electron chi connectivity index (χ0n) is 13.1. The number of carbonyl (C=O) groups excluding carboxylic acids is 1. The standard InChI is InChI=1S/C15H14F3N5O3/c16-15(17,18)9-3-4-10(11(6-9)23(25)26)12(19)13(20)22-14(24)8-2-1-5-21-7-8/h1-7,12-13H,19-20H2,(H,22,24). The van der Waals surface area contributed by atoms with E-state index < -0.39 is 40.5 Å². The first-order valence-corrected chi connectivity index (χ1v) is 7.19. The minimum atomic E-state index is -4.75. The fourth-order valence-corrected chi connectivity index (χ4v) is 2.17. The number of aromatic nitrogens is 1. The minimum absolute atomic E-state index is 0.178. The molecule has 2 unspecified atom stereocenters. The van der Waals surface area contributed by atoms with E-state index in [0.29, 0.717) is 12.1 Å². The summed E-state index contributed by atoms with van der Waals surface area (Å²) in [5.74, 6) is -0.629. The van der Waals surface area contributed by atoms with Gasteiger partial charge in [0.1, 0.15) is 0 Å². The van der Waals surface area contributed by atoms with E-state index in [-0.39, 0.29) is 11.1 Å². The van der Waals surface area contributed by atoms with E-state index in [1.165, 1.54) is 24.5 Å². The van der Waals surface area contributed by atoms with Gasteiger partial charge in [-0.3, -0.25) is 19.9 Å². The number of nitrogens with one attached hydrogen (secondary N) is 1. The van der Waals surface area contributed by atoms with Gasteiger partial charge >= 0.3 is 6.18 Å². The Labute approximate surface area is 145 Å². The Morgan fingerprint density at radius 3 is 2.50 bits per heavy atom. The molecule has 1 aromatic heterocycles. The summed E-state index contributed by atoms with van der Waals surface area (Å²) >= 11 is 0. The molecule has 0 aliphatic heterocycles. The van der Waals surface area contributed by atoms with E-state index in [9.17, 15) is 28.1 Å². The van der Waals surface area contributed by atoms with Crippen LogP contribution in [0.4, 0.5) is 18.9 Å². The van der Waals surface area contributed by atoms with Crippen molar-refractivity contribution in [2.75, 3.05) is 0 Å². The molecular weight excluding hydrogens is 355 g/mol. The van der Waals surface area contributed by atoms with Crippen LogP contribution >= 0.6 is 0 Å². The van der Waals surface area contributed by atoms with Gasteiger partial charge in [-0.1, -0.05) is 0 Å². The highest BCUT2D eigenvalue weighted by molar-refractivity contribution is 5.94. The first kappa shape index (κ1) is 19.3. The zero-order chi connectivity index (χ0) is 19.5. The molecule has 0 bridgehead atoms. The Morgan fingerprint density at radius 1 is 1.27 bits per heavy atom. The zero-order valence-corrected chi connectivity index (χ0v) is 13.1. The second-order valence-electron chi connectivity index (χ2n) is 5.30. The van der Waals surface area contributed by atoms with Gasteiger partial charge in [0.2, 0.25) is 0 Å². The maximum Gasteiger partial charge on any atom is 0.416 e. The van der Waals surface area contributed by atoms with E-state index in [1.54, 1.807) is 0 Å². The van der Waals surface area contributed by atoms with E-state index >= 15 is 0 Å². The largest absolute Gasteiger partial charge is 0.416 e. The highest BCUT2D eigenvalue weighted by Crippen LogP contribution is 2.34. The predicted molar refractivity (Wildman–Crippen MR) is 84.7 cm³/mol. The molecule has 2 atom stereocenters. The van der Waals surface area contributed by atoms with Gasteiger partial charge in [0.15, 0.2) is 0 Å². The molecule has 138 valence electrons. The van der Waals surface area contributed by atoms with Gasteiger partial charge in [-0.25, -0.2) is 0 Å². The van der Waals surface area contributed by atoms with Crippen LogP contribution in [0.2, 0.25) is 0 Å². The number of halogens is 3. The second kappa shape index (κ2) is 7.45. The molecule has 0 aliphatic rings. The van der Waals surface area contributed by atoms with E-state index in [0.717, 1.165) is 6.07 Å². The molecule has 5 N–H and O–H groups in total. The number of amides is 1. The molecule has 1 heterocycles. The van der Waals surface area contributed by atoms with Crippen molar-refractivity contribution in [2.24, 2.45) is 11.5 Å². The molecular formula is C15H14F3N5O3. The summed E-state index contributed by atoms with van der Waals surface area (Å²) in [7, 11) is 0.